The van der Waals surface area contributed by atoms with Crippen molar-refractivity contribution in [3.05, 3.63) is 48.3 Å². The molecule has 2 amide bonds. The lowest BCUT2D eigenvalue weighted by molar-refractivity contribution is -0.114. The number of carbonyl (C=O) groups excluding carboxylic acids is 2. The Labute approximate surface area is 157 Å². The number of nitrogens with zero attached hydrogens (tertiary/aromatic N) is 1. The standard InChI is InChI=1S/C18H20N4O4S/c1-12(23)20-13-2-4-14(5-3-13)21-15-6-8-19-17(10-15)18(24)22-16-7-9-27(25,26)11-16/h2-6,8,10,16H,7,9,11H2,1H3,(H,19,21)(H,20,23)(H,22,24). The molecular weight excluding hydrogens is 368 g/mol. The number of nitrogens with one attached hydrogen (secondary N) is 3. The number of hydrogen-bond donors (Lipinski definition) is 3. The molecule has 0 spiro atoms. The lowest BCUT2D eigenvalue weighted by Crippen LogP contribution is -2.36. The van der Waals surface area contributed by atoms with Gasteiger partial charge in [0.25, 0.3) is 5.91 Å². The van der Waals surface area contributed by atoms with Crippen molar-refractivity contribution in [3.8, 4) is 0 Å². The molecule has 0 bridgehead atoms. The number of benzene rings is 1. The molecule has 0 saturated carbocycles. The van der Waals surface area contributed by atoms with E-state index in [2.05, 4.69) is 20.9 Å². The highest BCUT2D eigenvalue weighted by Gasteiger charge is 2.29. The van der Waals surface area contributed by atoms with Crippen molar-refractivity contribution < 1.29 is 18.0 Å². The molecule has 1 aromatic carbocycles. The van der Waals surface area contributed by atoms with E-state index in [4.69, 9.17) is 0 Å². The van der Waals surface area contributed by atoms with Gasteiger partial charge in [-0.2, -0.15) is 0 Å². The Bertz CT molecular complexity index is 958. The van der Waals surface area contributed by atoms with Crippen LogP contribution in [0, 0.1) is 0 Å². The Morgan fingerprint density at radius 1 is 1.07 bits per heavy atom. The van der Waals surface area contributed by atoms with E-state index in [9.17, 15) is 18.0 Å². The number of carbonyl (C=O) groups is 2. The molecule has 2 heterocycles. The highest BCUT2D eigenvalue weighted by Crippen LogP contribution is 2.19. The van der Waals surface area contributed by atoms with Crippen LogP contribution < -0.4 is 16.0 Å². The molecule has 142 valence electrons. The number of hydrogen-bond acceptors (Lipinski definition) is 6. The van der Waals surface area contributed by atoms with Gasteiger partial charge in [0.05, 0.1) is 11.5 Å². The van der Waals surface area contributed by atoms with Crippen LogP contribution in [0.2, 0.25) is 0 Å². The van der Waals surface area contributed by atoms with Crippen LogP contribution in [-0.2, 0) is 14.6 Å². The second-order valence-corrected chi connectivity index (χ2v) is 8.62. The van der Waals surface area contributed by atoms with Gasteiger partial charge >= 0.3 is 0 Å². The van der Waals surface area contributed by atoms with Crippen molar-refractivity contribution >= 4 is 38.7 Å². The number of pyridine rings is 1. The second-order valence-electron chi connectivity index (χ2n) is 6.39. The smallest absolute Gasteiger partial charge is 0.270 e. The van der Waals surface area contributed by atoms with Crippen LogP contribution in [0.25, 0.3) is 0 Å². The van der Waals surface area contributed by atoms with Crippen molar-refractivity contribution in [1.82, 2.24) is 10.3 Å². The molecule has 9 heteroatoms. The SMILES string of the molecule is CC(=O)Nc1ccc(Nc2ccnc(C(=O)NC3CCS(=O)(=O)C3)c2)cc1. The van der Waals surface area contributed by atoms with Crippen LogP contribution in [0.5, 0.6) is 0 Å². The predicted octanol–water partition coefficient (Wildman–Crippen LogP) is 1.70. The normalized spacial score (nSPS) is 17.9. The summed E-state index contributed by atoms with van der Waals surface area (Å²) in [6, 6.07) is 10.1. The van der Waals surface area contributed by atoms with E-state index in [0.717, 1.165) is 5.69 Å². The summed E-state index contributed by atoms with van der Waals surface area (Å²) in [5.41, 5.74) is 2.35. The highest BCUT2D eigenvalue weighted by molar-refractivity contribution is 7.91. The molecule has 3 N–H and O–H groups in total. The second kappa shape index (κ2) is 7.75. The summed E-state index contributed by atoms with van der Waals surface area (Å²) in [5, 5.41) is 8.56. The minimum Gasteiger partial charge on any atom is -0.355 e. The summed E-state index contributed by atoms with van der Waals surface area (Å²) in [4.78, 5) is 27.4. The van der Waals surface area contributed by atoms with Gasteiger partial charge in [0, 0.05) is 36.2 Å². The Hall–Kier alpha value is -2.94. The topological polar surface area (TPSA) is 117 Å². The minimum atomic E-state index is -3.06. The molecule has 0 aliphatic carbocycles. The summed E-state index contributed by atoms with van der Waals surface area (Å²) in [6.45, 7) is 1.44. The van der Waals surface area contributed by atoms with E-state index < -0.39 is 15.7 Å². The fraction of sp³-hybridized carbons (Fsp3) is 0.278. The summed E-state index contributed by atoms with van der Waals surface area (Å²) in [5.74, 6) is -0.476. The van der Waals surface area contributed by atoms with Gasteiger partial charge < -0.3 is 16.0 Å². The van der Waals surface area contributed by atoms with E-state index in [1.807, 2.05) is 0 Å². The van der Waals surface area contributed by atoms with Gasteiger partial charge in [-0.25, -0.2) is 8.42 Å². The summed E-state index contributed by atoms with van der Waals surface area (Å²) in [7, 11) is -3.06. The van der Waals surface area contributed by atoms with Crippen LogP contribution in [0.4, 0.5) is 17.1 Å². The third kappa shape index (κ3) is 5.27. The van der Waals surface area contributed by atoms with Crippen LogP contribution in [0.15, 0.2) is 42.6 Å². The predicted molar refractivity (Wildman–Crippen MR) is 103 cm³/mol. The van der Waals surface area contributed by atoms with E-state index in [1.165, 1.54) is 13.1 Å². The van der Waals surface area contributed by atoms with Crippen LogP contribution in [0.3, 0.4) is 0 Å². The first-order chi connectivity index (χ1) is 12.8. The number of sulfone groups is 1. The fourth-order valence-corrected chi connectivity index (χ4v) is 4.48. The molecule has 27 heavy (non-hydrogen) atoms. The molecule has 1 unspecified atom stereocenters. The molecule has 1 saturated heterocycles. The fourth-order valence-electron chi connectivity index (χ4n) is 2.81. The van der Waals surface area contributed by atoms with Crippen molar-refractivity contribution in [2.45, 2.75) is 19.4 Å². The number of amides is 2. The number of anilines is 3. The zero-order valence-electron chi connectivity index (χ0n) is 14.7. The zero-order valence-corrected chi connectivity index (χ0v) is 15.5. The number of aromatic nitrogens is 1. The lowest BCUT2D eigenvalue weighted by Gasteiger charge is -2.12. The molecule has 3 rings (SSSR count). The van der Waals surface area contributed by atoms with Crippen molar-refractivity contribution in [2.24, 2.45) is 0 Å². The molecule has 0 radical (unpaired) electrons. The van der Waals surface area contributed by atoms with Gasteiger partial charge in [-0.1, -0.05) is 0 Å². The zero-order chi connectivity index (χ0) is 19.4. The first-order valence-electron chi connectivity index (χ1n) is 8.43. The third-order valence-electron chi connectivity index (χ3n) is 4.05. The average Bonchev–Trinajstić information content (AvgIpc) is 2.95. The van der Waals surface area contributed by atoms with Gasteiger partial charge in [0.1, 0.15) is 5.69 Å². The summed E-state index contributed by atoms with van der Waals surface area (Å²) < 4.78 is 23.0. The maximum absolute atomic E-state index is 12.3. The van der Waals surface area contributed by atoms with Gasteiger partial charge in [-0.15, -0.1) is 0 Å². The number of rotatable bonds is 5. The molecule has 1 fully saturated rings. The van der Waals surface area contributed by atoms with Gasteiger partial charge in [-0.3, -0.25) is 14.6 Å². The lowest BCUT2D eigenvalue weighted by atomic mass is 10.2. The maximum atomic E-state index is 12.3. The first kappa shape index (κ1) is 18.8. The molecule has 1 aromatic heterocycles. The van der Waals surface area contributed by atoms with Gasteiger partial charge in [-0.05, 0) is 42.8 Å². The molecule has 1 atom stereocenters. The van der Waals surface area contributed by atoms with Crippen LogP contribution in [0.1, 0.15) is 23.8 Å². The van der Waals surface area contributed by atoms with Crippen molar-refractivity contribution in [3.63, 3.8) is 0 Å². The molecule has 8 nitrogen and oxygen atoms in total. The summed E-state index contributed by atoms with van der Waals surface area (Å²) in [6.07, 6.45) is 1.93. The monoisotopic (exact) mass is 388 g/mol. The van der Waals surface area contributed by atoms with E-state index >= 15 is 0 Å². The third-order valence-corrected chi connectivity index (χ3v) is 5.82. The maximum Gasteiger partial charge on any atom is 0.270 e. The molecule has 1 aliphatic heterocycles. The summed E-state index contributed by atoms with van der Waals surface area (Å²) >= 11 is 0. The molecular formula is C18H20N4O4S. The Morgan fingerprint density at radius 2 is 1.78 bits per heavy atom. The molecule has 1 aliphatic rings. The Kier molecular flexibility index (Phi) is 5.41. The van der Waals surface area contributed by atoms with Gasteiger partial charge in [0.15, 0.2) is 9.84 Å². The highest BCUT2D eigenvalue weighted by atomic mass is 32.2. The van der Waals surface area contributed by atoms with Gasteiger partial charge in [0.2, 0.25) is 5.91 Å². The minimum absolute atomic E-state index is 0.0304. The van der Waals surface area contributed by atoms with E-state index in [1.54, 1.807) is 36.4 Å². The van der Waals surface area contributed by atoms with Crippen molar-refractivity contribution in [2.75, 3.05) is 22.1 Å². The van der Waals surface area contributed by atoms with Crippen molar-refractivity contribution in [1.29, 1.82) is 0 Å². The molecule has 2 aromatic rings. The first-order valence-corrected chi connectivity index (χ1v) is 10.2. The van der Waals surface area contributed by atoms with Crippen LogP contribution >= 0.6 is 0 Å². The Balaban J connectivity index is 1.64. The Morgan fingerprint density at radius 3 is 2.41 bits per heavy atom. The van der Waals surface area contributed by atoms with E-state index in [0.29, 0.717) is 17.8 Å². The quantitative estimate of drug-likeness (QED) is 0.718. The largest absolute Gasteiger partial charge is 0.355 e. The van der Waals surface area contributed by atoms with E-state index in [-0.39, 0.29) is 29.1 Å². The van der Waals surface area contributed by atoms with Crippen LogP contribution in [-0.4, -0.2) is 42.8 Å². The average molecular weight is 388 g/mol.